The number of carbonyl (C=O) groups excluding carboxylic acids is 2. The number of allylic oxidation sites excluding steroid dienone is 4. The number of Topliss-reactive ketones (excluding diaryl/α,β-unsaturated/α-hetero) is 1. The summed E-state index contributed by atoms with van der Waals surface area (Å²) >= 11 is 0. The van der Waals surface area contributed by atoms with Gasteiger partial charge in [-0.25, -0.2) is 8.96 Å². The van der Waals surface area contributed by atoms with Gasteiger partial charge in [-0.3, -0.25) is 14.1 Å². The van der Waals surface area contributed by atoms with E-state index in [0.717, 1.165) is 0 Å². The first-order valence-corrected chi connectivity index (χ1v) is 12.4. The first-order chi connectivity index (χ1) is 14.6. The molecule has 4 N–H and O–H groups in total. The smallest absolute Gasteiger partial charge is 0.390 e. The Kier molecular flexibility index (Phi) is 5.34. The summed E-state index contributed by atoms with van der Waals surface area (Å²) in [4.78, 5) is 42.8. The lowest BCUT2D eigenvalue weighted by Crippen LogP contribution is -2.69. The zero-order valence-corrected chi connectivity index (χ0v) is 19.2. The van der Waals surface area contributed by atoms with Crippen molar-refractivity contribution >= 4 is 19.4 Å². The predicted molar refractivity (Wildman–Crippen MR) is 111 cm³/mol. The maximum absolute atomic E-state index is 17.0. The van der Waals surface area contributed by atoms with E-state index in [0.29, 0.717) is 24.8 Å². The van der Waals surface area contributed by atoms with Crippen molar-refractivity contribution in [2.75, 3.05) is 6.61 Å². The second-order valence-electron chi connectivity index (χ2n) is 10.4. The fraction of sp³-hybridized carbons (Fsp3) is 0.727. The highest BCUT2D eigenvalue weighted by atomic mass is 31.2. The van der Waals surface area contributed by atoms with Crippen LogP contribution in [0.15, 0.2) is 23.8 Å². The van der Waals surface area contributed by atoms with Crippen molar-refractivity contribution in [2.24, 2.45) is 28.6 Å². The molecule has 10 heteroatoms. The third-order valence-corrected chi connectivity index (χ3v) is 9.48. The molecule has 0 spiro atoms. The van der Waals surface area contributed by atoms with Crippen molar-refractivity contribution in [3.05, 3.63) is 23.8 Å². The van der Waals surface area contributed by atoms with Crippen molar-refractivity contribution in [3.63, 3.8) is 0 Å². The number of halogens is 1. The highest BCUT2D eigenvalue weighted by Crippen LogP contribution is 2.70. The van der Waals surface area contributed by atoms with Gasteiger partial charge in [0.15, 0.2) is 17.2 Å². The molecule has 0 aromatic carbocycles. The molecular weight excluding hydrogens is 442 g/mol. The van der Waals surface area contributed by atoms with Gasteiger partial charge in [0.1, 0.15) is 12.2 Å². The van der Waals surface area contributed by atoms with Gasteiger partial charge in [0.25, 0.3) is 0 Å². The lowest BCUT2D eigenvalue weighted by molar-refractivity contribution is -0.219. The molecule has 3 saturated carbocycles. The Morgan fingerprint density at radius 1 is 1.31 bits per heavy atom. The first kappa shape index (κ1) is 23.9. The molecule has 32 heavy (non-hydrogen) atoms. The van der Waals surface area contributed by atoms with Gasteiger partial charge < -0.3 is 20.0 Å². The molecule has 0 aromatic heterocycles. The van der Waals surface area contributed by atoms with Crippen molar-refractivity contribution in [3.8, 4) is 0 Å². The molecule has 8 atom stereocenters. The maximum Gasteiger partial charge on any atom is 0.470 e. The summed E-state index contributed by atoms with van der Waals surface area (Å²) in [5.41, 5.74) is -5.88. The van der Waals surface area contributed by atoms with E-state index in [2.05, 4.69) is 4.52 Å². The van der Waals surface area contributed by atoms with Crippen molar-refractivity contribution in [2.45, 2.75) is 63.8 Å². The lowest BCUT2D eigenvalue weighted by atomic mass is 9.44. The Hall–Kier alpha value is -1.22. The zero-order chi connectivity index (χ0) is 23.9. The number of alkyl halides is 1. The van der Waals surface area contributed by atoms with Crippen LogP contribution in [0.1, 0.15) is 46.5 Å². The van der Waals surface area contributed by atoms with Gasteiger partial charge in [-0.05, 0) is 56.6 Å². The minimum atomic E-state index is -4.93. The number of ketones is 2. The van der Waals surface area contributed by atoms with Gasteiger partial charge in [0.2, 0.25) is 0 Å². The van der Waals surface area contributed by atoms with Crippen LogP contribution in [0.4, 0.5) is 4.39 Å². The minimum Gasteiger partial charge on any atom is -0.390 e. The molecule has 4 unspecified atom stereocenters. The minimum absolute atomic E-state index is 0.211. The zero-order valence-electron chi connectivity index (χ0n) is 18.3. The Balaban J connectivity index is 1.74. The monoisotopic (exact) mass is 472 g/mol. The van der Waals surface area contributed by atoms with Crippen LogP contribution in [0.5, 0.6) is 0 Å². The van der Waals surface area contributed by atoms with Gasteiger partial charge in [-0.2, -0.15) is 0 Å². The summed E-state index contributed by atoms with van der Waals surface area (Å²) < 4.78 is 32.5. The van der Waals surface area contributed by atoms with Gasteiger partial charge in [-0.15, -0.1) is 0 Å². The summed E-state index contributed by atoms with van der Waals surface area (Å²) in [5.74, 6) is -2.87. The van der Waals surface area contributed by atoms with Gasteiger partial charge in [-0.1, -0.05) is 25.5 Å². The molecule has 0 aliphatic heterocycles. The second-order valence-corrected chi connectivity index (χ2v) is 11.6. The van der Waals surface area contributed by atoms with Crippen LogP contribution in [0.25, 0.3) is 0 Å². The maximum atomic E-state index is 17.0. The van der Waals surface area contributed by atoms with Crippen LogP contribution in [0.2, 0.25) is 0 Å². The molecular formula is C22H30FO8P. The highest BCUT2D eigenvalue weighted by molar-refractivity contribution is 7.46. The lowest BCUT2D eigenvalue weighted by Gasteiger charge is -2.62. The van der Waals surface area contributed by atoms with Gasteiger partial charge >= 0.3 is 7.82 Å². The van der Waals surface area contributed by atoms with Crippen LogP contribution in [-0.2, 0) is 18.7 Å². The van der Waals surface area contributed by atoms with Gasteiger partial charge in [0.05, 0.1) is 6.10 Å². The van der Waals surface area contributed by atoms with Crippen molar-refractivity contribution in [1.29, 1.82) is 0 Å². The quantitative estimate of drug-likeness (QED) is 0.456. The van der Waals surface area contributed by atoms with E-state index in [-0.39, 0.29) is 12.2 Å². The van der Waals surface area contributed by atoms with Crippen LogP contribution < -0.4 is 0 Å². The number of hydrogen-bond donors (Lipinski definition) is 4. The molecule has 0 bridgehead atoms. The fourth-order valence-electron chi connectivity index (χ4n) is 7.39. The molecule has 0 amide bonds. The molecule has 4 aliphatic rings. The number of phosphoric acid groups is 1. The summed E-state index contributed by atoms with van der Waals surface area (Å²) in [6, 6.07) is 0. The molecule has 3 fully saturated rings. The number of carbonyl (C=O) groups is 2. The normalized spacial score (nSPS) is 48.0. The molecule has 8 nitrogen and oxygen atoms in total. The SMILES string of the molecule is CC1CC2C3CCC4=CC(=O)C=C[C@]4(C)[C@@]3(F)C(O)C[C@]2(C)[C@@]1(O)C(=O)COP(=O)(O)O. The number of rotatable bonds is 4. The third-order valence-electron chi connectivity index (χ3n) is 9.01. The summed E-state index contributed by atoms with van der Waals surface area (Å²) in [6.07, 6.45) is 3.70. The number of aliphatic hydroxyl groups is 2. The second kappa shape index (κ2) is 7.14. The third kappa shape index (κ3) is 2.95. The number of phosphoric ester groups is 1. The van der Waals surface area contributed by atoms with Crippen LogP contribution in [0, 0.1) is 28.6 Å². The Morgan fingerprint density at radius 3 is 2.59 bits per heavy atom. The van der Waals surface area contributed by atoms with E-state index in [1.165, 1.54) is 18.2 Å². The van der Waals surface area contributed by atoms with E-state index in [9.17, 15) is 24.4 Å². The number of fused-ring (bicyclic) bond motifs is 5. The Morgan fingerprint density at radius 2 is 1.97 bits per heavy atom. The Bertz CT molecular complexity index is 973. The van der Waals surface area contributed by atoms with E-state index < -0.39 is 66.2 Å². The fourth-order valence-corrected chi connectivity index (χ4v) is 7.68. The molecule has 0 saturated heterocycles. The summed E-state index contributed by atoms with van der Waals surface area (Å²) in [7, 11) is -4.93. The van der Waals surface area contributed by atoms with E-state index >= 15 is 4.39 Å². The molecule has 0 heterocycles. The van der Waals surface area contributed by atoms with E-state index in [1.807, 2.05) is 0 Å². The molecule has 4 rings (SSSR count). The van der Waals surface area contributed by atoms with Gasteiger partial charge in [0, 0.05) is 16.7 Å². The van der Waals surface area contributed by atoms with Crippen LogP contribution in [-0.4, -0.2) is 55.5 Å². The van der Waals surface area contributed by atoms with Crippen molar-refractivity contribution in [1.82, 2.24) is 0 Å². The topological polar surface area (TPSA) is 141 Å². The predicted octanol–water partition coefficient (Wildman–Crippen LogP) is 2.01. The molecule has 0 aromatic rings. The first-order valence-electron chi connectivity index (χ1n) is 10.9. The number of aliphatic hydroxyl groups excluding tert-OH is 1. The van der Waals surface area contributed by atoms with E-state index in [4.69, 9.17) is 9.79 Å². The average molecular weight is 472 g/mol. The van der Waals surface area contributed by atoms with E-state index in [1.54, 1.807) is 20.8 Å². The summed E-state index contributed by atoms with van der Waals surface area (Å²) in [5, 5.41) is 22.8. The Labute approximate surface area is 185 Å². The van der Waals surface area contributed by atoms with Crippen LogP contribution in [0.3, 0.4) is 0 Å². The van der Waals surface area contributed by atoms with Crippen molar-refractivity contribution < 1.29 is 43.1 Å². The van der Waals surface area contributed by atoms with Crippen LogP contribution >= 0.6 is 7.82 Å². The molecule has 178 valence electrons. The largest absolute Gasteiger partial charge is 0.470 e. The molecule has 4 aliphatic carbocycles. The average Bonchev–Trinajstić information content (AvgIpc) is 2.89. The highest BCUT2D eigenvalue weighted by Gasteiger charge is 2.75. The summed E-state index contributed by atoms with van der Waals surface area (Å²) in [6.45, 7) is 4.00. The molecule has 0 radical (unpaired) electrons. The standard InChI is InChI=1S/C22H30FO8P/c1-12-8-16-15-5-4-13-9-14(24)6-7-19(13,2)21(15,23)17(25)10-20(16,3)22(12,27)18(26)11-31-32(28,29)30/h6-7,9,12,15-17,25,27H,4-5,8,10-11H2,1-3H3,(H2,28,29,30)/t12?,15?,16?,17?,19-,20-,21-,22-/m0/s1. The number of hydrogen-bond acceptors (Lipinski definition) is 6.